The van der Waals surface area contributed by atoms with Gasteiger partial charge in [0.25, 0.3) is 0 Å². The molecule has 0 fully saturated rings. The van der Waals surface area contributed by atoms with E-state index in [1.807, 2.05) is 55.4 Å². The molecular weight excluding hydrogens is 264 g/mol. The summed E-state index contributed by atoms with van der Waals surface area (Å²) in [4.78, 5) is 14.2. The molecular formula is C16H18N4O. The van der Waals surface area contributed by atoms with Crippen LogP contribution in [-0.2, 0) is 0 Å². The van der Waals surface area contributed by atoms with E-state index in [4.69, 9.17) is 5.11 Å². The van der Waals surface area contributed by atoms with Gasteiger partial charge in [-0.3, -0.25) is 0 Å². The van der Waals surface area contributed by atoms with E-state index >= 15 is 0 Å². The second-order valence-electron chi connectivity index (χ2n) is 5.16. The summed E-state index contributed by atoms with van der Waals surface area (Å²) in [6, 6.07) is 10.1. The van der Waals surface area contributed by atoms with Crippen molar-refractivity contribution in [1.82, 2.24) is 15.0 Å². The van der Waals surface area contributed by atoms with Gasteiger partial charge in [0.15, 0.2) is 5.65 Å². The van der Waals surface area contributed by atoms with Gasteiger partial charge in [-0.1, -0.05) is 0 Å². The van der Waals surface area contributed by atoms with E-state index in [1.165, 1.54) is 0 Å². The third-order valence-corrected chi connectivity index (χ3v) is 3.49. The lowest BCUT2D eigenvalue weighted by molar-refractivity contribution is 0.304. The molecule has 2 heterocycles. The molecule has 108 valence electrons. The molecule has 0 amide bonds. The minimum Gasteiger partial charge on any atom is -0.395 e. The van der Waals surface area contributed by atoms with Gasteiger partial charge in [0, 0.05) is 31.0 Å². The number of likely N-dealkylation sites (N-methyl/N-ethyl adjacent to an activating group) is 1. The van der Waals surface area contributed by atoms with E-state index in [9.17, 15) is 0 Å². The number of pyridine rings is 1. The van der Waals surface area contributed by atoms with Crippen molar-refractivity contribution in [2.24, 2.45) is 0 Å². The molecule has 0 atom stereocenters. The summed E-state index contributed by atoms with van der Waals surface area (Å²) in [6.07, 6.45) is 1.83. The monoisotopic (exact) mass is 282 g/mol. The van der Waals surface area contributed by atoms with Gasteiger partial charge in [-0.15, -0.1) is 0 Å². The van der Waals surface area contributed by atoms with Gasteiger partial charge in [0.2, 0.25) is 0 Å². The van der Waals surface area contributed by atoms with Gasteiger partial charge in [-0.25, -0.2) is 9.97 Å². The molecule has 0 bridgehead atoms. The summed E-state index contributed by atoms with van der Waals surface area (Å²) in [5.41, 5.74) is 4.87. The van der Waals surface area contributed by atoms with E-state index in [2.05, 4.69) is 15.0 Å². The second-order valence-corrected chi connectivity index (χ2v) is 5.16. The number of aliphatic hydroxyl groups excluding tert-OH is 1. The maximum atomic E-state index is 8.97. The molecule has 5 nitrogen and oxygen atoms in total. The van der Waals surface area contributed by atoms with Crippen molar-refractivity contribution >= 4 is 16.9 Å². The Morgan fingerprint density at radius 2 is 2.00 bits per heavy atom. The van der Waals surface area contributed by atoms with Crippen molar-refractivity contribution in [3.8, 4) is 11.4 Å². The lowest BCUT2D eigenvalue weighted by Gasteiger charge is -2.17. The number of anilines is 1. The van der Waals surface area contributed by atoms with Crippen LogP contribution in [0, 0.1) is 6.92 Å². The Morgan fingerprint density at radius 3 is 2.71 bits per heavy atom. The van der Waals surface area contributed by atoms with Crippen LogP contribution in [0.3, 0.4) is 0 Å². The highest BCUT2D eigenvalue weighted by Crippen LogP contribution is 2.22. The fraction of sp³-hybridized carbons (Fsp3) is 0.250. The Labute approximate surface area is 123 Å². The number of benzene rings is 1. The number of aryl methyl sites for hydroxylation is 1. The van der Waals surface area contributed by atoms with Crippen molar-refractivity contribution < 1.29 is 5.11 Å². The fourth-order valence-electron chi connectivity index (χ4n) is 2.29. The largest absolute Gasteiger partial charge is 0.395 e. The average Bonchev–Trinajstić information content (AvgIpc) is 2.90. The molecule has 0 unspecified atom stereocenters. The molecule has 0 saturated heterocycles. The lowest BCUT2D eigenvalue weighted by atomic mass is 10.2. The third-order valence-electron chi connectivity index (χ3n) is 3.49. The van der Waals surface area contributed by atoms with Crippen LogP contribution in [0.25, 0.3) is 22.6 Å². The van der Waals surface area contributed by atoms with Crippen molar-refractivity contribution in [2.45, 2.75) is 6.92 Å². The minimum absolute atomic E-state index is 0.146. The van der Waals surface area contributed by atoms with Crippen LogP contribution in [0.15, 0.2) is 36.5 Å². The maximum absolute atomic E-state index is 8.97. The summed E-state index contributed by atoms with van der Waals surface area (Å²) >= 11 is 0. The Kier molecular flexibility index (Phi) is 3.58. The number of rotatable bonds is 4. The molecule has 3 aromatic rings. The predicted octanol–water partition coefficient (Wildman–Crippen LogP) is 2.36. The Bertz CT molecular complexity index is 749. The second kappa shape index (κ2) is 5.54. The maximum Gasteiger partial charge on any atom is 0.157 e. The van der Waals surface area contributed by atoms with Crippen LogP contribution < -0.4 is 4.90 Å². The number of aliphatic hydroxyl groups is 1. The number of nitrogens with zero attached hydrogens (tertiary/aromatic N) is 3. The topological polar surface area (TPSA) is 65.0 Å². The van der Waals surface area contributed by atoms with E-state index < -0.39 is 0 Å². The zero-order valence-corrected chi connectivity index (χ0v) is 12.2. The van der Waals surface area contributed by atoms with Crippen LogP contribution in [0.4, 0.5) is 5.69 Å². The molecule has 2 N–H and O–H groups in total. The Hall–Kier alpha value is -2.40. The molecule has 2 aromatic heterocycles. The summed E-state index contributed by atoms with van der Waals surface area (Å²) < 4.78 is 0. The van der Waals surface area contributed by atoms with E-state index in [0.29, 0.717) is 6.54 Å². The van der Waals surface area contributed by atoms with E-state index in [0.717, 1.165) is 33.8 Å². The van der Waals surface area contributed by atoms with Crippen molar-refractivity contribution in [1.29, 1.82) is 0 Å². The zero-order valence-electron chi connectivity index (χ0n) is 12.2. The smallest absolute Gasteiger partial charge is 0.157 e. The number of aromatic nitrogens is 3. The van der Waals surface area contributed by atoms with Crippen LogP contribution in [0.5, 0.6) is 0 Å². The van der Waals surface area contributed by atoms with Crippen molar-refractivity contribution in [3.63, 3.8) is 0 Å². The summed E-state index contributed by atoms with van der Waals surface area (Å²) in [7, 11) is 1.96. The molecule has 0 aliphatic heterocycles. The van der Waals surface area contributed by atoms with Gasteiger partial charge in [-0.05, 0) is 42.8 Å². The Balaban J connectivity index is 1.91. The molecule has 1 aromatic carbocycles. The molecule has 0 aliphatic rings. The van der Waals surface area contributed by atoms with E-state index in [1.54, 1.807) is 0 Å². The molecule has 0 radical (unpaired) electrons. The fourth-order valence-corrected chi connectivity index (χ4v) is 2.29. The first kappa shape index (κ1) is 13.6. The van der Waals surface area contributed by atoms with Crippen molar-refractivity contribution in [3.05, 3.63) is 42.1 Å². The summed E-state index contributed by atoms with van der Waals surface area (Å²) in [5.74, 6) is 0.819. The number of fused-ring (bicyclic) bond motifs is 1. The van der Waals surface area contributed by atoms with Gasteiger partial charge >= 0.3 is 0 Å². The first-order chi connectivity index (χ1) is 10.2. The van der Waals surface area contributed by atoms with E-state index in [-0.39, 0.29) is 6.61 Å². The number of nitrogens with one attached hydrogen (secondary N) is 1. The predicted molar refractivity (Wildman–Crippen MR) is 84.4 cm³/mol. The van der Waals surface area contributed by atoms with Crippen molar-refractivity contribution in [2.75, 3.05) is 25.1 Å². The molecule has 21 heavy (non-hydrogen) atoms. The summed E-state index contributed by atoms with van der Waals surface area (Å²) in [6.45, 7) is 2.77. The lowest BCUT2D eigenvalue weighted by Crippen LogP contribution is -2.20. The van der Waals surface area contributed by atoms with Gasteiger partial charge < -0.3 is 15.0 Å². The number of H-pyrrole nitrogens is 1. The molecule has 0 saturated carbocycles. The normalized spacial score (nSPS) is 11.0. The minimum atomic E-state index is 0.146. The number of hydrogen-bond acceptors (Lipinski definition) is 4. The van der Waals surface area contributed by atoms with Gasteiger partial charge in [0.05, 0.1) is 6.61 Å². The van der Waals surface area contributed by atoms with Gasteiger partial charge in [0.1, 0.15) is 11.3 Å². The SMILES string of the molecule is Cc1cnc2[nH]c(-c3ccc(N(C)CCO)cc3)nc2c1. The van der Waals surface area contributed by atoms with Crippen LogP contribution >= 0.6 is 0 Å². The van der Waals surface area contributed by atoms with Crippen LogP contribution in [-0.4, -0.2) is 40.3 Å². The molecule has 3 rings (SSSR count). The van der Waals surface area contributed by atoms with Crippen LogP contribution in [0.2, 0.25) is 0 Å². The van der Waals surface area contributed by atoms with Crippen LogP contribution in [0.1, 0.15) is 5.56 Å². The summed E-state index contributed by atoms with van der Waals surface area (Å²) in [5, 5.41) is 8.97. The third kappa shape index (κ3) is 2.73. The first-order valence-corrected chi connectivity index (χ1v) is 6.92. The van der Waals surface area contributed by atoms with Gasteiger partial charge in [-0.2, -0.15) is 0 Å². The molecule has 0 spiro atoms. The highest BCUT2D eigenvalue weighted by molar-refractivity contribution is 5.76. The standard InChI is InChI=1S/C16H18N4O/c1-11-9-14-16(17-10-11)19-15(18-14)12-3-5-13(6-4-12)20(2)7-8-21/h3-6,9-10,21H,7-8H2,1-2H3,(H,17,18,19). The highest BCUT2D eigenvalue weighted by atomic mass is 16.3. The number of imidazole rings is 1. The number of aromatic amines is 1. The first-order valence-electron chi connectivity index (χ1n) is 6.92. The zero-order chi connectivity index (χ0) is 14.8. The quantitative estimate of drug-likeness (QED) is 0.771. The number of hydrogen-bond donors (Lipinski definition) is 2. The molecule has 0 aliphatic carbocycles. The molecule has 5 heteroatoms. The Morgan fingerprint density at radius 1 is 1.24 bits per heavy atom. The highest BCUT2D eigenvalue weighted by Gasteiger charge is 2.07. The average molecular weight is 282 g/mol.